The Morgan fingerprint density at radius 1 is 1.41 bits per heavy atom. The van der Waals surface area contributed by atoms with Crippen molar-refractivity contribution >= 4 is 11.6 Å². The molecule has 22 heavy (non-hydrogen) atoms. The summed E-state index contributed by atoms with van der Waals surface area (Å²) in [6.45, 7) is 5.97. The van der Waals surface area contributed by atoms with E-state index in [0.717, 1.165) is 5.56 Å². The normalized spacial score (nSPS) is 11.7. The molecule has 2 rings (SSSR count). The van der Waals surface area contributed by atoms with Crippen molar-refractivity contribution in [1.29, 1.82) is 0 Å². The summed E-state index contributed by atoms with van der Waals surface area (Å²) < 4.78 is 0. The van der Waals surface area contributed by atoms with Gasteiger partial charge >= 0.3 is 0 Å². The zero-order valence-electron chi connectivity index (χ0n) is 12.4. The van der Waals surface area contributed by atoms with Gasteiger partial charge in [-0.25, -0.2) is 0 Å². The second-order valence-corrected chi connectivity index (χ2v) is 5.13. The van der Waals surface area contributed by atoms with E-state index in [1.165, 1.54) is 0 Å². The summed E-state index contributed by atoms with van der Waals surface area (Å²) in [6.07, 6.45) is 1.73. The van der Waals surface area contributed by atoms with Crippen molar-refractivity contribution in [2.24, 2.45) is 5.92 Å². The van der Waals surface area contributed by atoms with Gasteiger partial charge in [0.2, 0.25) is 0 Å². The molecule has 0 fully saturated rings. The van der Waals surface area contributed by atoms with E-state index in [1.807, 2.05) is 37.3 Å². The molecule has 1 amide bonds. The SMILES string of the molecule is C=CC(C)CNC(=O)c1c(N)cc(-c2ccccc2)[nH]c1=O. The number of nitrogens with one attached hydrogen (secondary N) is 2. The van der Waals surface area contributed by atoms with Crippen molar-refractivity contribution in [3.05, 3.63) is 65.0 Å². The van der Waals surface area contributed by atoms with E-state index in [-0.39, 0.29) is 17.2 Å². The van der Waals surface area contributed by atoms with Crippen molar-refractivity contribution in [2.75, 3.05) is 12.3 Å². The quantitative estimate of drug-likeness (QED) is 0.739. The maximum atomic E-state index is 12.2. The number of H-pyrrole nitrogens is 1. The predicted octanol–water partition coefficient (Wildman–Crippen LogP) is 2.18. The Morgan fingerprint density at radius 2 is 2.09 bits per heavy atom. The molecular formula is C17H19N3O2. The minimum Gasteiger partial charge on any atom is -0.398 e. The first-order chi connectivity index (χ1) is 10.5. The lowest BCUT2D eigenvalue weighted by molar-refractivity contribution is 0.0950. The van der Waals surface area contributed by atoms with E-state index in [0.29, 0.717) is 12.2 Å². The molecule has 114 valence electrons. The van der Waals surface area contributed by atoms with Gasteiger partial charge in [-0.05, 0) is 17.5 Å². The maximum Gasteiger partial charge on any atom is 0.263 e. The molecule has 0 spiro atoms. The Balaban J connectivity index is 2.30. The predicted molar refractivity (Wildman–Crippen MR) is 88.6 cm³/mol. The van der Waals surface area contributed by atoms with Crippen LogP contribution in [0, 0.1) is 5.92 Å². The number of rotatable bonds is 5. The number of anilines is 1. The van der Waals surface area contributed by atoms with Crippen LogP contribution in [-0.4, -0.2) is 17.4 Å². The van der Waals surface area contributed by atoms with Crippen molar-refractivity contribution in [1.82, 2.24) is 10.3 Å². The molecule has 0 saturated heterocycles. The topological polar surface area (TPSA) is 88.0 Å². The average molecular weight is 297 g/mol. The van der Waals surface area contributed by atoms with E-state index >= 15 is 0 Å². The lowest BCUT2D eigenvalue weighted by Crippen LogP contribution is -2.33. The standard InChI is InChI=1S/C17H19N3O2/c1-3-11(2)10-19-16(21)15-13(18)9-14(20-17(15)22)12-7-5-4-6-8-12/h3-9,11H,1,10H2,2H3,(H,19,21)(H3,18,20,22). The molecule has 0 aliphatic heterocycles. The summed E-state index contributed by atoms with van der Waals surface area (Å²) in [6, 6.07) is 10.9. The van der Waals surface area contributed by atoms with Gasteiger partial charge in [-0.1, -0.05) is 43.3 Å². The fourth-order valence-electron chi connectivity index (χ4n) is 2.01. The number of hydrogen-bond donors (Lipinski definition) is 3. The number of nitrogen functional groups attached to an aromatic ring is 1. The number of benzene rings is 1. The van der Waals surface area contributed by atoms with Gasteiger partial charge in [-0.15, -0.1) is 6.58 Å². The van der Waals surface area contributed by atoms with Crippen molar-refractivity contribution < 1.29 is 4.79 Å². The van der Waals surface area contributed by atoms with Gasteiger partial charge in [0.15, 0.2) is 0 Å². The monoisotopic (exact) mass is 297 g/mol. The molecule has 1 aromatic carbocycles. The van der Waals surface area contributed by atoms with E-state index in [4.69, 9.17) is 5.73 Å². The van der Waals surface area contributed by atoms with E-state index in [1.54, 1.807) is 12.1 Å². The fraction of sp³-hybridized carbons (Fsp3) is 0.176. The Hall–Kier alpha value is -2.82. The summed E-state index contributed by atoms with van der Waals surface area (Å²) >= 11 is 0. The Morgan fingerprint density at radius 3 is 2.68 bits per heavy atom. The van der Waals surface area contributed by atoms with Gasteiger partial charge in [0.1, 0.15) is 5.56 Å². The summed E-state index contributed by atoms with van der Waals surface area (Å²) in [5.41, 5.74) is 6.91. The largest absolute Gasteiger partial charge is 0.398 e. The highest BCUT2D eigenvalue weighted by Crippen LogP contribution is 2.18. The highest BCUT2D eigenvalue weighted by Gasteiger charge is 2.16. The molecule has 1 atom stereocenters. The van der Waals surface area contributed by atoms with Crippen LogP contribution in [0.3, 0.4) is 0 Å². The molecule has 1 unspecified atom stereocenters. The van der Waals surface area contributed by atoms with Gasteiger partial charge in [0.25, 0.3) is 11.5 Å². The van der Waals surface area contributed by atoms with Crippen LogP contribution in [0.1, 0.15) is 17.3 Å². The number of amides is 1. The third kappa shape index (κ3) is 3.44. The van der Waals surface area contributed by atoms with Crippen LogP contribution >= 0.6 is 0 Å². The first-order valence-electron chi connectivity index (χ1n) is 7.02. The number of carbonyl (C=O) groups excluding carboxylic acids is 1. The second kappa shape index (κ2) is 6.76. The molecule has 4 N–H and O–H groups in total. The smallest absolute Gasteiger partial charge is 0.263 e. The number of aromatic amines is 1. The summed E-state index contributed by atoms with van der Waals surface area (Å²) in [4.78, 5) is 27.0. The van der Waals surface area contributed by atoms with Crippen LogP contribution in [0.15, 0.2) is 53.8 Å². The van der Waals surface area contributed by atoms with Crippen LogP contribution < -0.4 is 16.6 Å². The van der Waals surface area contributed by atoms with Crippen molar-refractivity contribution in [3.63, 3.8) is 0 Å². The van der Waals surface area contributed by atoms with Gasteiger partial charge in [-0.3, -0.25) is 9.59 Å². The van der Waals surface area contributed by atoms with E-state index in [2.05, 4.69) is 16.9 Å². The molecule has 0 aliphatic carbocycles. The third-order valence-electron chi connectivity index (χ3n) is 3.36. The van der Waals surface area contributed by atoms with Crippen LogP contribution in [0.5, 0.6) is 0 Å². The summed E-state index contributed by atoms with van der Waals surface area (Å²) in [5.74, 6) is -0.361. The zero-order valence-corrected chi connectivity index (χ0v) is 12.4. The van der Waals surface area contributed by atoms with Crippen LogP contribution in [-0.2, 0) is 0 Å². The molecular weight excluding hydrogens is 278 g/mol. The van der Waals surface area contributed by atoms with E-state index in [9.17, 15) is 9.59 Å². The van der Waals surface area contributed by atoms with Gasteiger partial charge in [0, 0.05) is 6.54 Å². The molecule has 1 aromatic heterocycles. The minimum absolute atomic E-state index is 0.0593. The molecule has 2 aromatic rings. The van der Waals surface area contributed by atoms with Crippen LogP contribution in [0.25, 0.3) is 11.3 Å². The Bertz CT molecular complexity index is 735. The number of hydrogen-bond acceptors (Lipinski definition) is 3. The second-order valence-electron chi connectivity index (χ2n) is 5.13. The number of nitrogens with two attached hydrogens (primary N) is 1. The molecule has 5 heteroatoms. The molecule has 0 aliphatic rings. The first kappa shape index (κ1) is 15.6. The molecule has 1 heterocycles. The fourth-order valence-corrected chi connectivity index (χ4v) is 2.01. The van der Waals surface area contributed by atoms with E-state index < -0.39 is 11.5 Å². The maximum absolute atomic E-state index is 12.2. The van der Waals surface area contributed by atoms with Crippen LogP contribution in [0.4, 0.5) is 5.69 Å². The summed E-state index contributed by atoms with van der Waals surface area (Å²) in [7, 11) is 0. The van der Waals surface area contributed by atoms with Gasteiger partial charge < -0.3 is 16.0 Å². The van der Waals surface area contributed by atoms with Gasteiger partial charge in [-0.2, -0.15) is 0 Å². The number of pyridine rings is 1. The minimum atomic E-state index is -0.498. The first-order valence-corrected chi connectivity index (χ1v) is 7.02. The molecule has 0 saturated carbocycles. The highest BCUT2D eigenvalue weighted by atomic mass is 16.2. The third-order valence-corrected chi connectivity index (χ3v) is 3.36. The van der Waals surface area contributed by atoms with Crippen molar-refractivity contribution in [3.8, 4) is 11.3 Å². The summed E-state index contributed by atoms with van der Waals surface area (Å²) in [5, 5.41) is 2.68. The highest BCUT2D eigenvalue weighted by molar-refractivity contribution is 5.99. The molecule has 0 bridgehead atoms. The molecule has 5 nitrogen and oxygen atoms in total. The van der Waals surface area contributed by atoms with Crippen LogP contribution in [0.2, 0.25) is 0 Å². The zero-order chi connectivity index (χ0) is 16.1. The lowest BCUT2D eigenvalue weighted by atomic mass is 10.1. The average Bonchev–Trinajstić information content (AvgIpc) is 2.52. The van der Waals surface area contributed by atoms with Crippen molar-refractivity contribution in [2.45, 2.75) is 6.92 Å². The number of carbonyl (C=O) groups is 1. The Labute approximate surface area is 128 Å². The van der Waals surface area contributed by atoms with Gasteiger partial charge in [0.05, 0.1) is 11.4 Å². The molecule has 0 radical (unpaired) electrons. The Kier molecular flexibility index (Phi) is 4.78. The number of aromatic nitrogens is 1. The lowest BCUT2D eigenvalue weighted by Gasteiger charge is -2.10.